The summed E-state index contributed by atoms with van der Waals surface area (Å²) in [6.07, 6.45) is 3.71. The first-order valence-corrected chi connectivity index (χ1v) is 7.81. The monoisotopic (exact) mass is 331 g/mol. The predicted molar refractivity (Wildman–Crippen MR) is 86.0 cm³/mol. The fourth-order valence-electron chi connectivity index (χ4n) is 2.89. The summed E-state index contributed by atoms with van der Waals surface area (Å²) in [7, 11) is 0. The van der Waals surface area contributed by atoms with Crippen LogP contribution in [0.2, 0.25) is 0 Å². The third kappa shape index (κ3) is 4.15. The van der Waals surface area contributed by atoms with E-state index in [1.54, 1.807) is 18.2 Å². The number of hydrogen-bond donors (Lipinski definition) is 3. The van der Waals surface area contributed by atoms with Crippen molar-refractivity contribution in [2.45, 2.75) is 37.8 Å². The molecule has 0 atom stereocenters. The van der Waals surface area contributed by atoms with Crippen LogP contribution in [0.4, 0.5) is 15.0 Å². The Balaban J connectivity index is 1.62. The van der Waals surface area contributed by atoms with Gasteiger partial charge in [0.25, 0.3) is 0 Å². The molecular formula is C16H18FN5O2. The van der Waals surface area contributed by atoms with Crippen molar-refractivity contribution < 1.29 is 14.3 Å². The highest BCUT2D eigenvalue weighted by molar-refractivity contribution is 5.64. The van der Waals surface area contributed by atoms with Gasteiger partial charge in [0.15, 0.2) is 0 Å². The van der Waals surface area contributed by atoms with Crippen molar-refractivity contribution in [1.82, 2.24) is 20.3 Å². The lowest BCUT2D eigenvalue weighted by Gasteiger charge is -2.29. The molecule has 1 amide bonds. The molecule has 1 saturated carbocycles. The molecule has 0 saturated heterocycles. The van der Waals surface area contributed by atoms with Crippen LogP contribution in [0, 0.1) is 5.95 Å². The molecule has 3 rings (SSSR count). The highest BCUT2D eigenvalue weighted by Gasteiger charge is 2.22. The minimum Gasteiger partial charge on any atom is -0.465 e. The van der Waals surface area contributed by atoms with Crippen LogP contribution < -0.4 is 10.6 Å². The molecule has 0 aliphatic heterocycles. The molecule has 0 spiro atoms. The van der Waals surface area contributed by atoms with E-state index in [9.17, 15) is 9.18 Å². The molecule has 1 aliphatic rings. The Hall–Kier alpha value is -2.77. The molecule has 8 heteroatoms. The lowest BCUT2D eigenvalue weighted by atomic mass is 9.91. The molecule has 2 aromatic heterocycles. The van der Waals surface area contributed by atoms with E-state index in [1.807, 2.05) is 0 Å². The number of aromatic nitrogens is 3. The second kappa shape index (κ2) is 7.20. The van der Waals surface area contributed by atoms with Crippen molar-refractivity contribution in [3.63, 3.8) is 0 Å². The Morgan fingerprint density at radius 1 is 1.12 bits per heavy atom. The summed E-state index contributed by atoms with van der Waals surface area (Å²) in [4.78, 5) is 22.8. The molecule has 0 aromatic carbocycles. The average molecular weight is 331 g/mol. The molecule has 3 N–H and O–H groups in total. The van der Waals surface area contributed by atoms with Gasteiger partial charge in [0.05, 0.1) is 11.4 Å². The Kier molecular flexibility index (Phi) is 4.83. The number of nitrogens with one attached hydrogen (secondary N) is 2. The fourth-order valence-corrected chi connectivity index (χ4v) is 2.89. The van der Waals surface area contributed by atoms with Crippen LogP contribution in [0.15, 0.2) is 30.6 Å². The summed E-state index contributed by atoms with van der Waals surface area (Å²) in [6, 6.07) is 6.54. The van der Waals surface area contributed by atoms with E-state index in [0.29, 0.717) is 17.2 Å². The first kappa shape index (κ1) is 16.1. The zero-order valence-electron chi connectivity index (χ0n) is 12.9. The Morgan fingerprint density at radius 2 is 1.88 bits per heavy atom. The number of pyridine rings is 1. The van der Waals surface area contributed by atoms with Crippen LogP contribution in [-0.2, 0) is 0 Å². The molecule has 1 fully saturated rings. The quantitative estimate of drug-likeness (QED) is 0.745. The van der Waals surface area contributed by atoms with E-state index < -0.39 is 12.0 Å². The van der Waals surface area contributed by atoms with Gasteiger partial charge < -0.3 is 15.7 Å². The number of carbonyl (C=O) groups is 1. The van der Waals surface area contributed by atoms with Crippen LogP contribution in [0.25, 0.3) is 11.4 Å². The number of amides is 1. The molecule has 0 radical (unpaired) electrons. The third-order valence-electron chi connectivity index (χ3n) is 4.05. The van der Waals surface area contributed by atoms with Crippen molar-refractivity contribution in [1.29, 1.82) is 0 Å². The fraction of sp³-hybridized carbons (Fsp3) is 0.375. The second-order valence-corrected chi connectivity index (χ2v) is 5.78. The minimum atomic E-state index is -0.977. The second-order valence-electron chi connectivity index (χ2n) is 5.78. The van der Waals surface area contributed by atoms with E-state index >= 15 is 0 Å². The molecule has 24 heavy (non-hydrogen) atoms. The van der Waals surface area contributed by atoms with Crippen molar-refractivity contribution in [2.75, 3.05) is 5.32 Å². The molecular weight excluding hydrogens is 313 g/mol. The van der Waals surface area contributed by atoms with E-state index in [0.717, 1.165) is 25.7 Å². The van der Waals surface area contributed by atoms with Crippen molar-refractivity contribution in [3.8, 4) is 11.4 Å². The zero-order chi connectivity index (χ0) is 16.9. The van der Waals surface area contributed by atoms with E-state index in [2.05, 4.69) is 25.6 Å². The van der Waals surface area contributed by atoms with Crippen molar-refractivity contribution in [3.05, 3.63) is 36.5 Å². The number of halogens is 1. The molecule has 0 bridgehead atoms. The zero-order valence-corrected chi connectivity index (χ0v) is 12.9. The summed E-state index contributed by atoms with van der Waals surface area (Å²) < 4.78 is 13.2. The van der Waals surface area contributed by atoms with Gasteiger partial charge in [-0.2, -0.15) is 4.39 Å². The normalized spacial score (nSPS) is 20.4. The molecule has 1 aliphatic carbocycles. The number of carboxylic acid groups (broad SMARTS) is 1. The van der Waals surface area contributed by atoms with Gasteiger partial charge in [-0.25, -0.2) is 19.7 Å². The van der Waals surface area contributed by atoms with Gasteiger partial charge in [0.1, 0.15) is 12.1 Å². The highest BCUT2D eigenvalue weighted by Crippen LogP contribution is 2.23. The summed E-state index contributed by atoms with van der Waals surface area (Å²) in [5.41, 5.74) is 1.00. The van der Waals surface area contributed by atoms with Crippen molar-refractivity contribution >= 4 is 11.9 Å². The van der Waals surface area contributed by atoms with Crippen LogP contribution in [0.1, 0.15) is 25.7 Å². The Bertz CT molecular complexity index is 719. The number of anilines is 1. The topological polar surface area (TPSA) is 100 Å². The number of rotatable bonds is 4. The third-order valence-corrected chi connectivity index (χ3v) is 4.05. The van der Waals surface area contributed by atoms with Gasteiger partial charge in [-0.15, -0.1) is 0 Å². The molecule has 126 valence electrons. The maximum Gasteiger partial charge on any atom is 0.404 e. The highest BCUT2D eigenvalue weighted by atomic mass is 19.1. The van der Waals surface area contributed by atoms with E-state index in [4.69, 9.17) is 5.11 Å². The summed E-state index contributed by atoms with van der Waals surface area (Å²) in [6.45, 7) is 0. The van der Waals surface area contributed by atoms with Gasteiger partial charge in [-0.05, 0) is 37.8 Å². The van der Waals surface area contributed by atoms with Crippen LogP contribution in [-0.4, -0.2) is 38.2 Å². The van der Waals surface area contributed by atoms with Crippen LogP contribution >= 0.6 is 0 Å². The standard InChI is InChI=1S/C16H18FN5O2/c17-14-3-1-2-12(22-14)13-8-15(19-9-18-13)20-10-4-6-11(7-5-10)21-16(23)24/h1-3,8-11,21H,4-7H2,(H,23,24)(H,18,19,20)/t10-,11-. The van der Waals surface area contributed by atoms with Gasteiger partial charge in [-0.1, -0.05) is 6.07 Å². The maximum absolute atomic E-state index is 13.2. The van der Waals surface area contributed by atoms with Crippen LogP contribution in [0.3, 0.4) is 0 Å². The summed E-state index contributed by atoms with van der Waals surface area (Å²) in [5, 5.41) is 14.6. The van der Waals surface area contributed by atoms with E-state index in [1.165, 1.54) is 12.4 Å². The van der Waals surface area contributed by atoms with Gasteiger partial charge >= 0.3 is 6.09 Å². The largest absolute Gasteiger partial charge is 0.465 e. The Labute approximate surface area is 138 Å². The van der Waals surface area contributed by atoms with Gasteiger partial charge in [0.2, 0.25) is 5.95 Å². The SMILES string of the molecule is O=C(O)N[C@H]1CC[C@H](Nc2cc(-c3cccc(F)n3)ncn2)CC1. The lowest BCUT2D eigenvalue weighted by molar-refractivity contribution is 0.185. The smallest absolute Gasteiger partial charge is 0.404 e. The van der Waals surface area contributed by atoms with E-state index in [-0.39, 0.29) is 12.1 Å². The van der Waals surface area contributed by atoms with Gasteiger partial charge in [-0.3, -0.25) is 0 Å². The molecule has 0 unspecified atom stereocenters. The Morgan fingerprint density at radius 3 is 2.58 bits per heavy atom. The maximum atomic E-state index is 13.2. The first-order valence-electron chi connectivity index (χ1n) is 7.81. The van der Waals surface area contributed by atoms with Gasteiger partial charge in [0, 0.05) is 18.2 Å². The first-order chi connectivity index (χ1) is 11.6. The molecule has 7 nitrogen and oxygen atoms in total. The summed E-state index contributed by atoms with van der Waals surface area (Å²) in [5.74, 6) is 0.102. The predicted octanol–water partition coefficient (Wildman–Crippen LogP) is 2.67. The number of nitrogens with zero attached hydrogens (tertiary/aromatic N) is 3. The average Bonchev–Trinajstić information content (AvgIpc) is 2.56. The minimum absolute atomic E-state index is 0.0120. The number of hydrogen-bond acceptors (Lipinski definition) is 5. The van der Waals surface area contributed by atoms with Crippen molar-refractivity contribution in [2.24, 2.45) is 0 Å². The summed E-state index contributed by atoms with van der Waals surface area (Å²) >= 11 is 0. The lowest BCUT2D eigenvalue weighted by Crippen LogP contribution is -2.39. The molecule has 2 aromatic rings. The van der Waals surface area contributed by atoms with Crippen LogP contribution in [0.5, 0.6) is 0 Å². The molecule has 2 heterocycles.